The zero-order chi connectivity index (χ0) is 11.4. The molecule has 5 N–H and O–H groups in total. The van der Waals surface area contributed by atoms with Gasteiger partial charge in [-0.15, -0.1) is 5.10 Å². The number of nitrogens with zero attached hydrogens (tertiary/aromatic N) is 1. The van der Waals surface area contributed by atoms with Crippen molar-refractivity contribution in [2.24, 2.45) is 34.3 Å². The third-order valence-corrected chi connectivity index (χ3v) is 2.92. The van der Waals surface area contributed by atoms with Gasteiger partial charge in [-0.3, -0.25) is 0 Å². The van der Waals surface area contributed by atoms with Crippen LogP contribution in [0.4, 0.5) is 0 Å². The second kappa shape index (κ2) is 4.96. The maximum atomic E-state index is 5.23. The van der Waals surface area contributed by atoms with Gasteiger partial charge in [0.25, 0.3) is 5.96 Å². The minimum atomic E-state index is 0.0640. The van der Waals surface area contributed by atoms with Gasteiger partial charge in [0.15, 0.2) is 6.21 Å². The standard InChI is InChI=1S/C11H20N4/c1-7-4-8(2)10(9(3)5-7)6-14-15-11(12)13/h4,6,8-10H,5H2,1-3H3,(H4,12,13,15)/p+1. The van der Waals surface area contributed by atoms with E-state index in [1.807, 2.05) is 6.21 Å². The van der Waals surface area contributed by atoms with Crippen LogP contribution in [-0.4, -0.2) is 12.2 Å². The molecule has 0 aromatic heterocycles. The van der Waals surface area contributed by atoms with Gasteiger partial charge in [-0.2, -0.15) is 0 Å². The highest BCUT2D eigenvalue weighted by Gasteiger charge is 2.27. The summed E-state index contributed by atoms with van der Waals surface area (Å²) < 4.78 is 0. The molecule has 0 amide bonds. The molecule has 1 aliphatic rings. The van der Waals surface area contributed by atoms with Crippen LogP contribution in [0.1, 0.15) is 27.2 Å². The second-order valence-electron chi connectivity index (χ2n) is 4.46. The number of allylic oxidation sites excluding steroid dienone is 2. The molecule has 0 heterocycles. The molecule has 0 saturated carbocycles. The van der Waals surface area contributed by atoms with Crippen LogP contribution in [0.2, 0.25) is 0 Å². The Morgan fingerprint density at radius 1 is 1.53 bits per heavy atom. The van der Waals surface area contributed by atoms with Gasteiger partial charge in [-0.1, -0.05) is 25.5 Å². The van der Waals surface area contributed by atoms with E-state index in [9.17, 15) is 0 Å². The first-order chi connectivity index (χ1) is 7.00. The fourth-order valence-corrected chi connectivity index (χ4v) is 2.30. The summed E-state index contributed by atoms with van der Waals surface area (Å²) in [5.74, 6) is 1.72. The van der Waals surface area contributed by atoms with Crippen molar-refractivity contribution < 1.29 is 5.10 Å². The highest BCUT2D eigenvalue weighted by molar-refractivity contribution is 5.75. The van der Waals surface area contributed by atoms with E-state index < -0.39 is 0 Å². The van der Waals surface area contributed by atoms with E-state index in [0.717, 1.165) is 6.42 Å². The average molecular weight is 209 g/mol. The van der Waals surface area contributed by atoms with E-state index in [-0.39, 0.29) is 5.96 Å². The number of rotatable bonds is 2. The number of nitrogens with two attached hydrogens (primary N) is 2. The Labute approximate surface area is 91.1 Å². The predicted molar refractivity (Wildman–Crippen MR) is 63.0 cm³/mol. The molecule has 4 nitrogen and oxygen atoms in total. The van der Waals surface area contributed by atoms with Gasteiger partial charge in [-0.25, -0.2) is 0 Å². The Hall–Kier alpha value is -1.32. The minimum absolute atomic E-state index is 0.0640. The number of nitrogens with one attached hydrogen (secondary N) is 1. The van der Waals surface area contributed by atoms with Crippen LogP contribution in [0.5, 0.6) is 0 Å². The Morgan fingerprint density at radius 3 is 2.73 bits per heavy atom. The first-order valence-corrected chi connectivity index (χ1v) is 5.35. The normalized spacial score (nSPS) is 31.4. The van der Waals surface area contributed by atoms with E-state index in [1.54, 1.807) is 0 Å². The zero-order valence-corrected chi connectivity index (χ0v) is 9.70. The lowest BCUT2D eigenvalue weighted by Gasteiger charge is -2.27. The van der Waals surface area contributed by atoms with Crippen LogP contribution in [0, 0.1) is 17.8 Å². The SMILES string of the molecule is CC1=CC(C)C(C=[NH+]N=C(N)N)C(C)C1. The summed E-state index contributed by atoms with van der Waals surface area (Å²) in [6.45, 7) is 6.66. The van der Waals surface area contributed by atoms with Crippen LogP contribution in [0.15, 0.2) is 16.8 Å². The van der Waals surface area contributed by atoms with Gasteiger partial charge < -0.3 is 11.5 Å². The summed E-state index contributed by atoms with van der Waals surface area (Å²) in [7, 11) is 0. The lowest BCUT2D eigenvalue weighted by molar-refractivity contribution is -0.460. The fraction of sp³-hybridized carbons (Fsp3) is 0.636. The van der Waals surface area contributed by atoms with Crippen LogP contribution in [0.25, 0.3) is 0 Å². The minimum Gasteiger partial charge on any atom is -0.365 e. The van der Waals surface area contributed by atoms with Crippen molar-refractivity contribution in [3.8, 4) is 0 Å². The van der Waals surface area contributed by atoms with Gasteiger partial charge in [0.1, 0.15) is 0 Å². The number of hydrogen-bond acceptors (Lipinski definition) is 1. The van der Waals surface area contributed by atoms with Crippen molar-refractivity contribution in [2.45, 2.75) is 27.2 Å². The molecule has 1 aliphatic carbocycles. The van der Waals surface area contributed by atoms with Crippen LogP contribution in [0.3, 0.4) is 0 Å². The highest BCUT2D eigenvalue weighted by Crippen LogP contribution is 2.31. The summed E-state index contributed by atoms with van der Waals surface area (Å²) in [6, 6.07) is 0. The maximum absolute atomic E-state index is 5.23. The van der Waals surface area contributed by atoms with Crippen LogP contribution >= 0.6 is 0 Å². The smallest absolute Gasteiger partial charge is 0.256 e. The summed E-state index contributed by atoms with van der Waals surface area (Å²) in [5, 5.41) is 6.57. The maximum Gasteiger partial charge on any atom is 0.256 e. The number of hydrazone groups is 1. The molecule has 3 atom stereocenters. The Morgan fingerprint density at radius 2 is 2.20 bits per heavy atom. The molecule has 84 valence electrons. The van der Waals surface area contributed by atoms with E-state index >= 15 is 0 Å². The molecule has 0 radical (unpaired) electrons. The van der Waals surface area contributed by atoms with Gasteiger partial charge in [-0.05, 0) is 25.2 Å². The van der Waals surface area contributed by atoms with Gasteiger partial charge in [0, 0.05) is 11.0 Å². The van der Waals surface area contributed by atoms with E-state index in [0.29, 0.717) is 17.8 Å². The van der Waals surface area contributed by atoms with E-state index in [2.05, 4.69) is 37.1 Å². The van der Waals surface area contributed by atoms with Crippen molar-refractivity contribution in [1.82, 2.24) is 0 Å². The van der Waals surface area contributed by atoms with Crippen molar-refractivity contribution >= 4 is 12.2 Å². The third kappa shape index (κ3) is 3.38. The first-order valence-electron chi connectivity index (χ1n) is 5.35. The van der Waals surface area contributed by atoms with Gasteiger partial charge in [0.2, 0.25) is 0 Å². The fourth-order valence-electron chi connectivity index (χ4n) is 2.30. The van der Waals surface area contributed by atoms with Gasteiger partial charge in [0.05, 0.1) is 0 Å². The first kappa shape index (κ1) is 11.8. The summed E-state index contributed by atoms with van der Waals surface area (Å²) >= 11 is 0. The van der Waals surface area contributed by atoms with E-state index in [4.69, 9.17) is 11.5 Å². The summed E-state index contributed by atoms with van der Waals surface area (Å²) in [4.78, 5) is 0. The van der Waals surface area contributed by atoms with Crippen molar-refractivity contribution in [3.63, 3.8) is 0 Å². The number of guanidine groups is 1. The molecule has 0 fully saturated rings. The third-order valence-electron chi connectivity index (χ3n) is 2.92. The topological polar surface area (TPSA) is 78.4 Å². The molecule has 15 heavy (non-hydrogen) atoms. The monoisotopic (exact) mass is 209 g/mol. The lowest BCUT2D eigenvalue weighted by Crippen LogP contribution is -2.65. The van der Waals surface area contributed by atoms with Gasteiger partial charge >= 0.3 is 0 Å². The summed E-state index contributed by atoms with van der Waals surface area (Å²) in [5.41, 5.74) is 11.9. The molecule has 0 aromatic carbocycles. The molecule has 3 unspecified atom stereocenters. The molecule has 4 heteroatoms. The zero-order valence-electron chi connectivity index (χ0n) is 9.70. The molecular weight excluding hydrogens is 188 g/mol. The molecule has 0 spiro atoms. The Bertz CT molecular complexity index is 300. The van der Waals surface area contributed by atoms with Crippen LogP contribution < -0.4 is 16.6 Å². The molecular formula is C11H21N4+. The van der Waals surface area contributed by atoms with Crippen molar-refractivity contribution in [2.75, 3.05) is 0 Å². The molecule has 1 rings (SSSR count). The molecule has 0 saturated heterocycles. The summed E-state index contributed by atoms with van der Waals surface area (Å²) in [6.07, 6.45) is 5.45. The lowest BCUT2D eigenvalue weighted by atomic mass is 9.76. The average Bonchev–Trinajstić information content (AvgIpc) is 2.08. The van der Waals surface area contributed by atoms with Crippen molar-refractivity contribution in [1.29, 1.82) is 0 Å². The Kier molecular flexibility index (Phi) is 3.88. The molecule has 0 aromatic rings. The van der Waals surface area contributed by atoms with Crippen molar-refractivity contribution in [3.05, 3.63) is 11.6 Å². The second-order valence-corrected chi connectivity index (χ2v) is 4.46. The van der Waals surface area contributed by atoms with E-state index in [1.165, 1.54) is 5.57 Å². The quantitative estimate of drug-likeness (QED) is 0.250. The molecule has 0 bridgehead atoms. The predicted octanol–water partition coefficient (Wildman–Crippen LogP) is -0.435. The number of hydrogen-bond donors (Lipinski definition) is 3. The highest BCUT2D eigenvalue weighted by atomic mass is 15.3. The largest absolute Gasteiger partial charge is 0.365 e. The molecule has 0 aliphatic heterocycles. The van der Waals surface area contributed by atoms with Crippen LogP contribution in [-0.2, 0) is 0 Å². The Balaban J connectivity index is 2.70.